The second kappa shape index (κ2) is 4.09. The molecule has 1 saturated carbocycles. The van der Waals surface area contributed by atoms with E-state index in [-0.39, 0.29) is 40.7 Å². The molecule has 2 amide bonds. The highest BCUT2D eigenvalue weighted by molar-refractivity contribution is 7.80. The molecule has 2 fully saturated rings. The lowest BCUT2D eigenvalue weighted by molar-refractivity contribution is -0.142. The Kier molecular flexibility index (Phi) is 2.63. The SMILES string of the molecule is NC(=S)c1ccc(F)c(CN2C(=O)C3CC3C2=O)c1. The van der Waals surface area contributed by atoms with Crippen LogP contribution in [0.4, 0.5) is 4.39 Å². The van der Waals surface area contributed by atoms with E-state index in [4.69, 9.17) is 18.0 Å². The number of hydrogen-bond donors (Lipinski definition) is 1. The molecular weight excluding hydrogens is 267 g/mol. The molecule has 2 N–H and O–H groups in total. The van der Waals surface area contributed by atoms with Crippen molar-refractivity contribution in [1.82, 2.24) is 4.90 Å². The maximum atomic E-state index is 13.7. The molecule has 0 bridgehead atoms. The van der Waals surface area contributed by atoms with Crippen molar-refractivity contribution in [2.45, 2.75) is 13.0 Å². The highest BCUT2D eigenvalue weighted by atomic mass is 32.1. The first-order chi connectivity index (χ1) is 8.99. The summed E-state index contributed by atoms with van der Waals surface area (Å²) in [5.74, 6) is -1.21. The summed E-state index contributed by atoms with van der Waals surface area (Å²) in [6.07, 6.45) is 0.642. The number of rotatable bonds is 3. The Balaban J connectivity index is 1.87. The molecule has 6 heteroatoms. The van der Waals surface area contributed by atoms with E-state index in [9.17, 15) is 14.0 Å². The normalized spacial score (nSPS) is 24.6. The molecule has 0 radical (unpaired) electrons. The van der Waals surface area contributed by atoms with E-state index in [0.717, 1.165) is 4.90 Å². The third-order valence-corrected chi connectivity index (χ3v) is 3.85. The topological polar surface area (TPSA) is 63.4 Å². The van der Waals surface area contributed by atoms with Gasteiger partial charge in [0.2, 0.25) is 11.8 Å². The van der Waals surface area contributed by atoms with Crippen LogP contribution in [0.15, 0.2) is 18.2 Å². The first-order valence-electron chi connectivity index (χ1n) is 5.92. The van der Waals surface area contributed by atoms with Gasteiger partial charge in [-0.2, -0.15) is 0 Å². The number of nitrogens with two attached hydrogens (primary N) is 1. The van der Waals surface area contributed by atoms with E-state index >= 15 is 0 Å². The maximum absolute atomic E-state index is 13.7. The summed E-state index contributed by atoms with van der Waals surface area (Å²) in [5, 5.41) is 0. The van der Waals surface area contributed by atoms with Crippen LogP contribution in [0, 0.1) is 17.7 Å². The van der Waals surface area contributed by atoms with Crippen molar-refractivity contribution in [3.8, 4) is 0 Å². The lowest BCUT2D eigenvalue weighted by atomic mass is 10.1. The van der Waals surface area contributed by atoms with Gasteiger partial charge in [0.1, 0.15) is 10.8 Å². The number of carbonyl (C=O) groups is 2. The van der Waals surface area contributed by atoms with Crippen LogP contribution in [0.3, 0.4) is 0 Å². The average Bonchev–Trinajstić information content (AvgIpc) is 3.11. The molecule has 1 heterocycles. The predicted octanol–water partition coefficient (Wildman–Crippen LogP) is 0.965. The number of likely N-dealkylation sites (tertiary alicyclic amines) is 1. The van der Waals surface area contributed by atoms with Gasteiger partial charge in [-0.25, -0.2) is 4.39 Å². The summed E-state index contributed by atoms with van der Waals surface area (Å²) in [4.78, 5) is 24.9. The molecule has 0 aromatic heterocycles. The predicted molar refractivity (Wildman–Crippen MR) is 69.4 cm³/mol. The van der Waals surface area contributed by atoms with Crippen molar-refractivity contribution in [3.63, 3.8) is 0 Å². The van der Waals surface area contributed by atoms with Gasteiger partial charge in [0.25, 0.3) is 0 Å². The molecule has 3 rings (SSSR count). The summed E-state index contributed by atoms with van der Waals surface area (Å²) in [6, 6.07) is 4.21. The lowest BCUT2D eigenvalue weighted by Gasteiger charge is -2.17. The molecule has 98 valence electrons. The quantitative estimate of drug-likeness (QED) is 0.661. The van der Waals surface area contributed by atoms with E-state index in [1.165, 1.54) is 18.2 Å². The number of imide groups is 1. The molecule has 1 aromatic carbocycles. The van der Waals surface area contributed by atoms with Crippen molar-refractivity contribution in [2.24, 2.45) is 17.6 Å². The number of benzene rings is 1. The zero-order valence-corrected chi connectivity index (χ0v) is 10.7. The number of thiocarbonyl (C=S) groups is 1. The van der Waals surface area contributed by atoms with Gasteiger partial charge in [0.05, 0.1) is 18.4 Å². The van der Waals surface area contributed by atoms with Crippen LogP contribution in [-0.2, 0) is 16.1 Å². The number of piperidine rings is 1. The molecule has 1 saturated heterocycles. The van der Waals surface area contributed by atoms with Crippen LogP contribution in [0.5, 0.6) is 0 Å². The average molecular weight is 278 g/mol. The van der Waals surface area contributed by atoms with E-state index < -0.39 is 5.82 Å². The summed E-state index contributed by atoms with van der Waals surface area (Å²) >= 11 is 4.83. The standard InChI is InChI=1S/C13H11FN2O2S/c14-10-2-1-6(11(15)19)3-7(10)5-16-12(17)8-4-9(8)13(16)18/h1-3,8-9H,4-5H2,(H2,15,19). The van der Waals surface area contributed by atoms with E-state index in [1.807, 2.05) is 0 Å². The Morgan fingerprint density at radius 3 is 2.58 bits per heavy atom. The maximum Gasteiger partial charge on any atom is 0.233 e. The number of nitrogens with zero attached hydrogens (tertiary/aromatic N) is 1. The van der Waals surface area contributed by atoms with Gasteiger partial charge in [-0.05, 0) is 24.6 Å². The van der Waals surface area contributed by atoms with Crippen LogP contribution >= 0.6 is 12.2 Å². The monoisotopic (exact) mass is 278 g/mol. The fraction of sp³-hybridized carbons (Fsp3) is 0.308. The van der Waals surface area contributed by atoms with Crippen LogP contribution in [-0.4, -0.2) is 21.7 Å². The molecule has 1 aromatic rings. The molecule has 1 aliphatic carbocycles. The summed E-state index contributed by atoms with van der Waals surface area (Å²) in [7, 11) is 0. The van der Waals surface area contributed by atoms with E-state index in [2.05, 4.69) is 0 Å². The van der Waals surface area contributed by atoms with Crippen molar-refractivity contribution in [2.75, 3.05) is 0 Å². The number of hydrogen-bond acceptors (Lipinski definition) is 3. The van der Waals surface area contributed by atoms with Crippen molar-refractivity contribution in [3.05, 3.63) is 35.1 Å². The molecule has 2 aliphatic rings. The van der Waals surface area contributed by atoms with Crippen molar-refractivity contribution >= 4 is 29.0 Å². The Labute approximate surface area is 114 Å². The number of halogens is 1. The minimum Gasteiger partial charge on any atom is -0.389 e. The first kappa shape index (κ1) is 12.2. The summed E-state index contributed by atoms with van der Waals surface area (Å²) < 4.78 is 13.7. The molecule has 1 aliphatic heterocycles. The Morgan fingerprint density at radius 1 is 1.37 bits per heavy atom. The minimum atomic E-state index is -0.471. The first-order valence-corrected chi connectivity index (χ1v) is 6.33. The van der Waals surface area contributed by atoms with Crippen molar-refractivity contribution < 1.29 is 14.0 Å². The van der Waals surface area contributed by atoms with Gasteiger partial charge in [-0.3, -0.25) is 14.5 Å². The largest absolute Gasteiger partial charge is 0.389 e. The lowest BCUT2D eigenvalue weighted by Crippen LogP contribution is -2.32. The fourth-order valence-electron chi connectivity index (χ4n) is 2.43. The van der Waals surface area contributed by atoms with E-state index in [0.29, 0.717) is 12.0 Å². The molecule has 0 spiro atoms. The number of amides is 2. The van der Waals surface area contributed by atoms with Gasteiger partial charge >= 0.3 is 0 Å². The summed E-state index contributed by atoms with van der Waals surface area (Å²) in [6.45, 7) is -0.0487. The van der Waals surface area contributed by atoms with E-state index in [1.54, 1.807) is 0 Å². The smallest absolute Gasteiger partial charge is 0.233 e. The van der Waals surface area contributed by atoms with Gasteiger partial charge < -0.3 is 5.73 Å². The number of carbonyl (C=O) groups excluding carboxylic acids is 2. The minimum absolute atomic E-state index is 0.0487. The van der Waals surface area contributed by atoms with Gasteiger partial charge in [0, 0.05) is 11.1 Å². The van der Waals surface area contributed by atoms with Gasteiger partial charge in [0.15, 0.2) is 0 Å². The van der Waals surface area contributed by atoms with Gasteiger partial charge in [-0.15, -0.1) is 0 Å². The highest BCUT2D eigenvalue weighted by Gasteiger charge is 2.58. The van der Waals surface area contributed by atoms with Crippen LogP contribution < -0.4 is 5.73 Å². The van der Waals surface area contributed by atoms with Crippen molar-refractivity contribution in [1.29, 1.82) is 0 Å². The highest BCUT2D eigenvalue weighted by Crippen LogP contribution is 2.47. The molecule has 19 heavy (non-hydrogen) atoms. The Bertz CT molecular complexity index is 597. The molecule has 4 nitrogen and oxygen atoms in total. The Morgan fingerprint density at radius 2 is 2.00 bits per heavy atom. The van der Waals surface area contributed by atoms with Gasteiger partial charge in [-0.1, -0.05) is 12.2 Å². The van der Waals surface area contributed by atoms with Crippen LogP contribution in [0.25, 0.3) is 0 Å². The van der Waals surface area contributed by atoms with Crippen LogP contribution in [0.1, 0.15) is 17.5 Å². The zero-order valence-electron chi connectivity index (χ0n) is 9.93. The second-order valence-corrected chi connectivity index (χ2v) is 5.32. The summed E-state index contributed by atoms with van der Waals surface area (Å²) in [5.41, 5.74) is 6.27. The molecule has 2 atom stereocenters. The number of fused-ring (bicyclic) bond motifs is 1. The molecular formula is C13H11FN2O2S. The zero-order chi connectivity index (χ0) is 13.7. The Hall–Kier alpha value is -1.82. The van der Waals surface area contributed by atoms with Crippen LogP contribution in [0.2, 0.25) is 0 Å². The fourth-order valence-corrected chi connectivity index (χ4v) is 2.55. The third kappa shape index (κ3) is 1.92. The second-order valence-electron chi connectivity index (χ2n) is 4.88. The third-order valence-electron chi connectivity index (χ3n) is 3.62. The molecule has 2 unspecified atom stereocenters.